The first-order chi connectivity index (χ1) is 10.1. The largest absolute Gasteiger partial charge is 0.471 e. The number of likely N-dealkylation sites (tertiary alicyclic amines) is 1. The Balaban J connectivity index is 1.69. The van der Waals surface area contributed by atoms with Crippen LogP contribution in [0.5, 0.6) is 5.88 Å². The smallest absolute Gasteiger partial charge is 0.306 e. The number of rotatable bonds is 6. The molecule has 0 N–H and O–H groups in total. The van der Waals surface area contributed by atoms with E-state index in [1.807, 2.05) is 19.1 Å². The Hall–Kier alpha value is -2.11. The molecule has 6 heteroatoms. The van der Waals surface area contributed by atoms with Gasteiger partial charge in [-0.1, -0.05) is 6.07 Å². The average Bonchev–Trinajstić information content (AvgIpc) is 2.40. The van der Waals surface area contributed by atoms with Crippen LogP contribution in [0, 0.1) is 6.92 Å². The summed E-state index contributed by atoms with van der Waals surface area (Å²) in [4.78, 5) is 29.0. The molecule has 2 heterocycles. The van der Waals surface area contributed by atoms with E-state index in [1.54, 1.807) is 17.9 Å². The van der Waals surface area contributed by atoms with Crippen molar-refractivity contribution in [1.82, 2.24) is 9.88 Å². The van der Waals surface area contributed by atoms with Crippen molar-refractivity contribution in [3.05, 3.63) is 23.9 Å². The van der Waals surface area contributed by atoms with Crippen LogP contribution in [0.2, 0.25) is 0 Å². The molecule has 0 atom stereocenters. The number of hydrogen-bond donors (Lipinski definition) is 0. The molecule has 1 aromatic rings. The number of ether oxygens (including phenoxy) is 2. The number of amides is 1. The van der Waals surface area contributed by atoms with Gasteiger partial charge in [0.15, 0.2) is 0 Å². The molecular formula is C15H20N2O4. The second kappa shape index (κ2) is 7.06. The zero-order valence-corrected chi connectivity index (χ0v) is 12.4. The van der Waals surface area contributed by atoms with Crippen molar-refractivity contribution in [3.8, 4) is 5.88 Å². The van der Waals surface area contributed by atoms with Crippen LogP contribution in [-0.4, -0.2) is 47.6 Å². The number of aromatic nitrogens is 1. The molecule has 6 nitrogen and oxygen atoms in total. The van der Waals surface area contributed by atoms with Crippen molar-refractivity contribution in [2.24, 2.45) is 0 Å². The van der Waals surface area contributed by atoms with Gasteiger partial charge in [-0.3, -0.25) is 9.59 Å². The van der Waals surface area contributed by atoms with E-state index in [9.17, 15) is 9.59 Å². The molecule has 0 saturated carbocycles. The minimum Gasteiger partial charge on any atom is -0.471 e. The Labute approximate surface area is 124 Å². The number of pyridine rings is 1. The monoisotopic (exact) mass is 292 g/mol. The molecule has 21 heavy (non-hydrogen) atoms. The third-order valence-electron chi connectivity index (χ3n) is 3.20. The third kappa shape index (κ3) is 4.44. The predicted octanol–water partition coefficient (Wildman–Crippen LogP) is 1.32. The molecule has 1 saturated heterocycles. The van der Waals surface area contributed by atoms with Crippen molar-refractivity contribution >= 4 is 11.9 Å². The Bertz CT molecular complexity index is 512. The second-order valence-corrected chi connectivity index (χ2v) is 4.96. The summed E-state index contributed by atoms with van der Waals surface area (Å²) in [6.45, 7) is 5.07. The highest BCUT2D eigenvalue weighted by atomic mass is 16.5. The molecule has 0 aliphatic carbocycles. The van der Waals surface area contributed by atoms with E-state index >= 15 is 0 Å². The molecule has 1 aromatic heterocycles. The molecular weight excluding hydrogens is 272 g/mol. The lowest BCUT2D eigenvalue weighted by atomic mass is 10.1. The Morgan fingerprint density at radius 2 is 2.10 bits per heavy atom. The second-order valence-electron chi connectivity index (χ2n) is 4.96. The Morgan fingerprint density at radius 1 is 1.33 bits per heavy atom. The minimum atomic E-state index is -0.330. The lowest BCUT2D eigenvalue weighted by molar-refractivity contribution is -0.148. The first kappa shape index (κ1) is 15.3. The van der Waals surface area contributed by atoms with Crippen LogP contribution in [0.15, 0.2) is 18.2 Å². The highest BCUT2D eigenvalue weighted by Crippen LogP contribution is 2.17. The van der Waals surface area contributed by atoms with Crippen LogP contribution in [0.3, 0.4) is 0 Å². The number of esters is 1. The quantitative estimate of drug-likeness (QED) is 0.740. The predicted molar refractivity (Wildman–Crippen MR) is 75.8 cm³/mol. The number of aryl methyl sites for hydroxylation is 1. The van der Waals surface area contributed by atoms with E-state index < -0.39 is 0 Å². The molecule has 2 rings (SSSR count). The standard InChI is InChI=1S/C15H20N2O4/c1-3-20-15(19)8-7-14(18)17-9-12(10-17)21-13-6-4-5-11(2)16-13/h4-6,12H,3,7-10H2,1-2H3. The average molecular weight is 292 g/mol. The van der Waals surface area contributed by atoms with Crippen LogP contribution in [0.1, 0.15) is 25.5 Å². The van der Waals surface area contributed by atoms with Crippen molar-refractivity contribution in [3.63, 3.8) is 0 Å². The van der Waals surface area contributed by atoms with E-state index in [0.717, 1.165) is 5.69 Å². The number of carbonyl (C=O) groups is 2. The maximum Gasteiger partial charge on any atom is 0.306 e. The highest BCUT2D eigenvalue weighted by Gasteiger charge is 2.32. The summed E-state index contributed by atoms with van der Waals surface area (Å²) in [6, 6.07) is 5.59. The summed E-state index contributed by atoms with van der Waals surface area (Å²) >= 11 is 0. The van der Waals surface area contributed by atoms with E-state index in [4.69, 9.17) is 9.47 Å². The van der Waals surface area contributed by atoms with Gasteiger partial charge in [0.1, 0.15) is 6.10 Å². The van der Waals surface area contributed by atoms with Gasteiger partial charge < -0.3 is 14.4 Å². The fourth-order valence-electron chi connectivity index (χ4n) is 2.07. The zero-order chi connectivity index (χ0) is 15.2. The van der Waals surface area contributed by atoms with Crippen molar-refractivity contribution < 1.29 is 19.1 Å². The number of carbonyl (C=O) groups excluding carboxylic acids is 2. The van der Waals surface area contributed by atoms with Gasteiger partial charge in [0, 0.05) is 18.2 Å². The van der Waals surface area contributed by atoms with Crippen LogP contribution in [0.25, 0.3) is 0 Å². The van der Waals surface area contributed by atoms with Crippen LogP contribution in [0.4, 0.5) is 0 Å². The maximum atomic E-state index is 11.8. The van der Waals surface area contributed by atoms with Crippen molar-refractivity contribution in [1.29, 1.82) is 0 Å². The van der Waals surface area contributed by atoms with Gasteiger partial charge >= 0.3 is 5.97 Å². The van der Waals surface area contributed by atoms with Gasteiger partial charge in [-0.15, -0.1) is 0 Å². The van der Waals surface area contributed by atoms with E-state index in [1.165, 1.54) is 0 Å². The molecule has 0 aromatic carbocycles. The molecule has 114 valence electrons. The summed E-state index contributed by atoms with van der Waals surface area (Å²) in [5.74, 6) is 0.210. The molecule has 0 radical (unpaired) electrons. The lowest BCUT2D eigenvalue weighted by Gasteiger charge is -2.38. The summed E-state index contributed by atoms with van der Waals surface area (Å²) in [6.07, 6.45) is 0.299. The summed E-state index contributed by atoms with van der Waals surface area (Å²) in [7, 11) is 0. The number of hydrogen-bond acceptors (Lipinski definition) is 5. The summed E-state index contributed by atoms with van der Waals surface area (Å²) in [5.41, 5.74) is 0.897. The van der Waals surface area contributed by atoms with Crippen LogP contribution in [-0.2, 0) is 14.3 Å². The normalized spacial score (nSPS) is 14.5. The van der Waals surface area contributed by atoms with Gasteiger partial charge in [0.2, 0.25) is 11.8 Å². The van der Waals surface area contributed by atoms with Crippen LogP contribution < -0.4 is 4.74 Å². The SMILES string of the molecule is CCOC(=O)CCC(=O)N1CC(Oc2cccc(C)n2)C1. The fourth-order valence-corrected chi connectivity index (χ4v) is 2.07. The molecule has 0 bridgehead atoms. The van der Waals surface area contributed by atoms with Gasteiger partial charge in [-0.25, -0.2) is 4.98 Å². The molecule has 0 spiro atoms. The third-order valence-corrected chi connectivity index (χ3v) is 3.20. The topological polar surface area (TPSA) is 68.7 Å². The lowest BCUT2D eigenvalue weighted by Crippen LogP contribution is -2.56. The molecule has 1 aliphatic rings. The van der Waals surface area contributed by atoms with Gasteiger partial charge in [-0.05, 0) is 19.9 Å². The first-order valence-electron chi connectivity index (χ1n) is 7.12. The Morgan fingerprint density at radius 3 is 2.76 bits per heavy atom. The fraction of sp³-hybridized carbons (Fsp3) is 0.533. The number of nitrogens with zero attached hydrogens (tertiary/aromatic N) is 2. The van der Waals surface area contributed by atoms with E-state index in [0.29, 0.717) is 25.6 Å². The minimum absolute atomic E-state index is 0.0224. The zero-order valence-electron chi connectivity index (χ0n) is 12.4. The maximum absolute atomic E-state index is 11.8. The molecule has 0 unspecified atom stereocenters. The van der Waals surface area contributed by atoms with Crippen LogP contribution >= 0.6 is 0 Å². The summed E-state index contributed by atoms with van der Waals surface area (Å²) < 4.78 is 10.5. The van der Waals surface area contributed by atoms with Crippen molar-refractivity contribution in [2.75, 3.05) is 19.7 Å². The van der Waals surface area contributed by atoms with E-state index in [2.05, 4.69) is 4.98 Å². The summed E-state index contributed by atoms with van der Waals surface area (Å²) in [5, 5.41) is 0. The molecule has 1 amide bonds. The van der Waals surface area contributed by atoms with Gasteiger partial charge in [0.05, 0.1) is 26.1 Å². The molecule has 1 fully saturated rings. The molecule has 1 aliphatic heterocycles. The highest BCUT2D eigenvalue weighted by molar-refractivity contribution is 5.82. The van der Waals surface area contributed by atoms with E-state index in [-0.39, 0.29) is 30.8 Å². The van der Waals surface area contributed by atoms with Crippen molar-refractivity contribution in [2.45, 2.75) is 32.8 Å². The first-order valence-corrected chi connectivity index (χ1v) is 7.12. The van der Waals surface area contributed by atoms with Gasteiger partial charge in [0.25, 0.3) is 0 Å². The van der Waals surface area contributed by atoms with Gasteiger partial charge in [-0.2, -0.15) is 0 Å². The Kier molecular flexibility index (Phi) is 5.14.